The van der Waals surface area contributed by atoms with E-state index in [0.717, 1.165) is 0 Å². The van der Waals surface area contributed by atoms with Gasteiger partial charge in [0.15, 0.2) is 0 Å². The van der Waals surface area contributed by atoms with E-state index in [9.17, 15) is 4.79 Å². The second-order valence-electron chi connectivity index (χ2n) is 4.48. The van der Waals surface area contributed by atoms with Crippen LogP contribution in [0.25, 0.3) is 0 Å². The summed E-state index contributed by atoms with van der Waals surface area (Å²) in [7, 11) is 0. The molecule has 0 atom stereocenters. The van der Waals surface area contributed by atoms with Crippen molar-refractivity contribution in [1.29, 1.82) is 0 Å². The van der Waals surface area contributed by atoms with Crippen molar-refractivity contribution in [3.63, 3.8) is 0 Å². The molecule has 0 heterocycles. The summed E-state index contributed by atoms with van der Waals surface area (Å²) in [5.41, 5.74) is 0. The maximum atomic E-state index is 9.44. The van der Waals surface area contributed by atoms with E-state index >= 15 is 0 Å². The van der Waals surface area contributed by atoms with Crippen LogP contribution in [0.5, 0.6) is 11.5 Å². The third-order valence-corrected chi connectivity index (χ3v) is 1.88. The van der Waals surface area contributed by atoms with Gasteiger partial charge in [-0.05, 0) is 38.1 Å². The van der Waals surface area contributed by atoms with Crippen molar-refractivity contribution in [2.45, 2.75) is 13.8 Å². The Labute approximate surface area is 150 Å². The quantitative estimate of drug-likeness (QED) is 0.647. The maximum Gasteiger partial charge on any atom is 0.126 e. The molecule has 0 aliphatic carbocycles. The second-order valence-corrected chi connectivity index (χ2v) is 4.48. The van der Waals surface area contributed by atoms with E-state index in [-0.39, 0.29) is 5.78 Å². The average Bonchev–Trinajstić information content (AvgIpc) is 2.57. The third-order valence-electron chi connectivity index (χ3n) is 1.88. The van der Waals surface area contributed by atoms with Crippen LogP contribution in [0.15, 0.2) is 60.7 Å². The molecule has 0 unspecified atom stereocenters. The highest BCUT2D eigenvalue weighted by atomic mass is 16.5. The predicted octanol–water partition coefficient (Wildman–Crippen LogP) is 3.65. The number of terminal acetylenes is 2. The van der Waals surface area contributed by atoms with Crippen LogP contribution in [-0.4, -0.2) is 29.2 Å². The molecule has 0 amide bonds. The molecule has 2 N–H and O–H groups in total. The molecule has 2 rings (SSSR count). The maximum absolute atomic E-state index is 9.44. The Morgan fingerprint density at radius 1 is 0.840 bits per heavy atom. The van der Waals surface area contributed by atoms with Gasteiger partial charge in [-0.25, -0.2) is 0 Å². The van der Waals surface area contributed by atoms with Crippen LogP contribution in [0.2, 0.25) is 0 Å². The van der Waals surface area contributed by atoms with Gasteiger partial charge < -0.3 is 19.7 Å². The van der Waals surface area contributed by atoms with Crippen LogP contribution in [0, 0.1) is 24.7 Å². The number of benzene rings is 2. The van der Waals surface area contributed by atoms with Crippen molar-refractivity contribution in [1.82, 2.24) is 0 Å². The van der Waals surface area contributed by atoms with Crippen molar-refractivity contribution in [2.24, 2.45) is 0 Å². The number of ether oxygens (including phenoxy) is 1. The summed E-state index contributed by atoms with van der Waals surface area (Å²) < 4.78 is 4.66. The zero-order valence-corrected chi connectivity index (χ0v) is 14.6. The highest BCUT2D eigenvalue weighted by Crippen LogP contribution is 2.03. The number of rotatable bonds is 2. The van der Waals surface area contributed by atoms with Crippen molar-refractivity contribution in [3.05, 3.63) is 60.7 Å². The minimum absolute atomic E-state index is 0.167. The van der Waals surface area contributed by atoms with Gasteiger partial charge in [-0.2, -0.15) is 0 Å². The molecule has 0 bridgehead atoms. The summed E-state index contributed by atoms with van der Waals surface area (Å²) in [5, 5.41) is 17.3. The number of hydrogen-bond donors (Lipinski definition) is 2. The van der Waals surface area contributed by atoms with Crippen LogP contribution in [0.3, 0.4) is 0 Å². The van der Waals surface area contributed by atoms with E-state index < -0.39 is 0 Å². The predicted molar refractivity (Wildman–Crippen MR) is 101 cm³/mol. The molecule has 0 aromatic heterocycles. The number of ketones is 1. The molecule has 0 fully saturated rings. The Kier molecular flexibility index (Phi) is 18.1. The first-order valence-corrected chi connectivity index (χ1v) is 7.33. The second kappa shape index (κ2) is 18.8. The Bertz CT molecular complexity index is 567. The van der Waals surface area contributed by atoms with Crippen LogP contribution < -0.4 is 0 Å². The average molecular weight is 340 g/mol. The molecule has 0 radical (unpaired) electrons. The molecule has 4 nitrogen and oxygen atoms in total. The van der Waals surface area contributed by atoms with E-state index in [1.165, 1.54) is 13.8 Å². The van der Waals surface area contributed by atoms with Gasteiger partial charge >= 0.3 is 0 Å². The summed E-state index contributed by atoms with van der Waals surface area (Å²) >= 11 is 0. The Hall–Kier alpha value is -3.21. The number of Topliss-reactive ketones (excluding diaryl/α,β-unsaturated/α-hetero) is 1. The summed E-state index contributed by atoms with van der Waals surface area (Å²) in [5.74, 6) is 5.38. The van der Waals surface area contributed by atoms with E-state index in [2.05, 4.69) is 16.6 Å². The summed E-state index contributed by atoms with van der Waals surface area (Å²) in [6, 6.07) is 17.4. The molecule has 25 heavy (non-hydrogen) atoms. The topological polar surface area (TPSA) is 66.8 Å². The van der Waals surface area contributed by atoms with E-state index in [0.29, 0.717) is 24.7 Å². The number of carbonyl (C=O) groups excluding carboxylic acids is 1. The SMILES string of the molecule is C#CCOCC#C.CC(C)=O.Oc1ccccc1.Oc1ccccc1. The molecular weight excluding hydrogens is 316 g/mol. The molecule has 0 spiro atoms. The van der Waals surface area contributed by atoms with Crippen LogP contribution in [0.4, 0.5) is 0 Å². The van der Waals surface area contributed by atoms with Crippen LogP contribution in [0.1, 0.15) is 13.8 Å². The molecule has 0 aliphatic rings. The van der Waals surface area contributed by atoms with Crippen molar-refractivity contribution in [3.8, 4) is 36.2 Å². The zero-order valence-electron chi connectivity index (χ0n) is 14.6. The fraction of sp³-hybridized carbons (Fsp3) is 0.190. The fourth-order valence-corrected chi connectivity index (χ4v) is 1.02. The normalized spacial score (nSPS) is 7.68. The Morgan fingerprint density at radius 3 is 1.28 bits per heavy atom. The van der Waals surface area contributed by atoms with Crippen molar-refractivity contribution >= 4 is 5.78 Å². The van der Waals surface area contributed by atoms with Crippen molar-refractivity contribution in [2.75, 3.05) is 13.2 Å². The number of para-hydroxylation sites is 2. The number of phenolic OH excluding ortho intramolecular Hbond substituents is 2. The molecule has 2 aromatic rings. The summed E-state index contributed by atoms with van der Waals surface area (Å²) in [6.07, 6.45) is 9.65. The molecule has 0 saturated heterocycles. The van der Waals surface area contributed by atoms with Crippen LogP contribution >= 0.6 is 0 Å². The first kappa shape index (κ1) is 24.0. The number of carbonyl (C=O) groups is 1. The lowest BCUT2D eigenvalue weighted by Gasteiger charge is -1.86. The largest absolute Gasteiger partial charge is 0.508 e. The van der Waals surface area contributed by atoms with Crippen LogP contribution in [-0.2, 0) is 9.53 Å². The van der Waals surface area contributed by atoms with Gasteiger partial charge in [-0.1, -0.05) is 48.2 Å². The highest BCUT2D eigenvalue weighted by molar-refractivity contribution is 5.72. The van der Waals surface area contributed by atoms with Gasteiger partial charge in [0.25, 0.3) is 0 Å². The zero-order chi connectivity index (χ0) is 19.3. The molecule has 2 aromatic carbocycles. The van der Waals surface area contributed by atoms with Crippen molar-refractivity contribution < 1.29 is 19.7 Å². The number of hydrogen-bond acceptors (Lipinski definition) is 4. The van der Waals surface area contributed by atoms with E-state index in [1.807, 2.05) is 12.1 Å². The minimum atomic E-state index is 0.167. The summed E-state index contributed by atoms with van der Waals surface area (Å²) in [6.45, 7) is 3.68. The van der Waals surface area contributed by atoms with E-state index in [4.69, 9.17) is 23.1 Å². The molecule has 132 valence electrons. The van der Waals surface area contributed by atoms with Gasteiger partial charge in [0.1, 0.15) is 30.5 Å². The lowest BCUT2D eigenvalue weighted by atomic mass is 10.3. The van der Waals surface area contributed by atoms with Gasteiger partial charge in [0.05, 0.1) is 0 Å². The lowest BCUT2D eigenvalue weighted by Crippen LogP contribution is -1.89. The Morgan fingerprint density at radius 2 is 1.12 bits per heavy atom. The van der Waals surface area contributed by atoms with Gasteiger partial charge in [0, 0.05) is 0 Å². The first-order valence-electron chi connectivity index (χ1n) is 7.33. The minimum Gasteiger partial charge on any atom is -0.508 e. The van der Waals surface area contributed by atoms with Gasteiger partial charge in [-0.3, -0.25) is 0 Å². The molecule has 0 saturated carbocycles. The van der Waals surface area contributed by atoms with Gasteiger partial charge in [0.2, 0.25) is 0 Å². The lowest BCUT2D eigenvalue weighted by molar-refractivity contribution is -0.114. The first-order chi connectivity index (χ1) is 11.9. The number of aromatic hydroxyl groups is 2. The Balaban J connectivity index is 0. The fourth-order valence-electron chi connectivity index (χ4n) is 1.02. The monoisotopic (exact) mass is 340 g/mol. The molecule has 4 heteroatoms. The smallest absolute Gasteiger partial charge is 0.126 e. The standard InChI is InChI=1S/3C6H6O.C3H6O/c2*7-6-4-2-1-3-5-6;1-3-5-7-6-4-2;1-3(2)4/h2*1-5,7H;1-2H,5-6H2;1-2H3. The number of phenols is 2. The molecule has 0 aliphatic heterocycles. The van der Waals surface area contributed by atoms with Gasteiger partial charge in [-0.15, -0.1) is 12.8 Å². The van der Waals surface area contributed by atoms with E-state index in [1.54, 1.807) is 48.5 Å². The summed E-state index contributed by atoms with van der Waals surface area (Å²) in [4.78, 5) is 9.44. The molecular formula is C21H24O4. The highest BCUT2D eigenvalue weighted by Gasteiger charge is 1.75. The third kappa shape index (κ3) is 26.0.